The monoisotopic (exact) mass is 474 g/mol. The topological polar surface area (TPSA) is 70.2 Å². The Kier molecular flexibility index (Phi) is 7.72. The van der Waals surface area contributed by atoms with Crippen LogP contribution in [-0.2, 0) is 6.42 Å². The van der Waals surface area contributed by atoms with Crippen LogP contribution in [0.25, 0.3) is 11.3 Å². The number of aromatic nitrogens is 2. The van der Waals surface area contributed by atoms with Crippen LogP contribution in [-0.4, -0.2) is 43.7 Å². The van der Waals surface area contributed by atoms with Gasteiger partial charge in [0, 0.05) is 23.7 Å². The van der Waals surface area contributed by atoms with Gasteiger partial charge in [0.2, 0.25) is 10.6 Å². The van der Waals surface area contributed by atoms with E-state index >= 15 is 0 Å². The fourth-order valence-electron chi connectivity index (χ4n) is 3.44. The molecule has 2 aromatic carbocycles. The number of thiazole rings is 1. The molecule has 0 aliphatic heterocycles. The molecule has 2 heterocycles. The molecule has 0 unspecified atom stereocenters. The van der Waals surface area contributed by atoms with E-state index in [0.29, 0.717) is 23.8 Å². The van der Waals surface area contributed by atoms with Gasteiger partial charge in [0.25, 0.3) is 0 Å². The molecule has 0 aliphatic rings. The van der Waals surface area contributed by atoms with E-state index in [1.807, 2.05) is 58.6 Å². The van der Waals surface area contributed by atoms with Crippen LogP contribution < -0.4 is 19.0 Å². The maximum Gasteiger partial charge on any atom is 0.206 e. The fraction of sp³-hybridized carbons (Fsp3) is 0.192. The van der Waals surface area contributed by atoms with Gasteiger partial charge in [-0.05, 0) is 36.2 Å². The first-order chi connectivity index (χ1) is 16.7. The summed E-state index contributed by atoms with van der Waals surface area (Å²) in [6.45, 7) is 0.651. The highest BCUT2D eigenvalue weighted by atomic mass is 32.1. The normalized spacial score (nSPS) is 11.7. The van der Waals surface area contributed by atoms with Crippen molar-refractivity contribution in [2.24, 2.45) is 10.1 Å². The molecule has 2 aromatic heterocycles. The second-order valence-corrected chi connectivity index (χ2v) is 8.08. The number of nitrogens with zero attached hydrogens (tertiary/aromatic N) is 4. The van der Waals surface area contributed by atoms with Gasteiger partial charge in [-0.3, -0.25) is 9.98 Å². The van der Waals surface area contributed by atoms with Crippen molar-refractivity contribution >= 4 is 17.6 Å². The Hall–Kier alpha value is -3.91. The van der Waals surface area contributed by atoms with Gasteiger partial charge >= 0.3 is 0 Å². The van der Waals surface area contributed by atoms with Crippen LogP contribution in [0.15, 0.2) is 82.3 Å². The van der Waals surface area contributed by atoms with Crippen molar-refractivity contribution in [3.8, 4) is 28.5 Å². The molecule has 0 N–H and O–H groups in total. The van der Waals surface area contributed by atoms with Crippen LogP contribution in [0.2, 0.25) is 0 Å². The highest BCUT2D eigenvalue weighted by Crippen LogP contribution is 2.41. The molecule has 0 fully saturated rings. The van der Waals surface area contributed by atoms with E-state index in [1.54, 1.807) is 33.7 Å². The lowest BCUT2D eigenvalue weighted by Crippen LogP contribution is -2.13. The molecular formula is C26H26N4O3S. The van der Waals surface area contributed by atoms with Crippen molar-refractivity contribution in [1.29, 1.82) is 0 Å². The Morgan fingerprint density at radius 2 is 1.68 bits per heavy atom. The predicted molar refractivity (Wildman–Crippen MR) is 135 cm³/mol. The Balaban J connectivity index is 1.77. The van der Waals surface area contributed by atoms with Gasteiger partial charge in [-0.1, -0.05) is 36.4 Å². The molecule has 7 nitrogen and oxygen atoms in total. The summed E-state index contributed by atoms with van der Waals surface area (Å²) in [5, 5.41) is 6.75. The fourth-order valence-corrected chi connectivity index (χ4v) is 4.31. The number of hydrogen-bond donors (Lipinski definition) is 0. The standard InChI is InChI=1S/C26H26N4O3S/c1-31-23-15-20(16-24(32-2)25(23)33-3)22-18-34-26(28-14-12-19-9-5-4-6-10-19)30(22)29-17-21-11-7-8-13-27-21/h4-11,13,15-18H,12,14H2,1-3H3. The first kappa shape index (κ1) is 23.3. The highest BCUT2D eigenvalue weighted by Gasteiger charge is 2.17. The summed E-state index contributed by atoms with van der Waals surface area (Å²) in [6, 6.07) is 19.8. The van der Waals surface area contributed by atoms with Gasteiger partial charge in [-0.25, -0.2) is 4.68 Å². The minimum Gasteiger partial charge on any atom is -0.493 e. The second-order valence-electron chi connectivity index (χ2n) is 7.25. The molecule has 8 heteroatoms. The largest absolute Gasteiger partial charge is 0.493 e. The Morgan fingerprint density at radius 3 is 2.32 bits per heavy atom. The number of rotatable bonds is 9. The van der Waals surface area contributed by atoms with E-state index in [4.69, 9.17) is 24.3 Å². The van der Waals surface area contributed by atoms with Crippen LogP contribution in [0.3, 0.4) is 0 Å². The minimum absolute atomic E-state index is 0.542. The van der Waals surface area contributed by atoms with Crippen molar-refractivity contribution in [3.05, 3.63) is 88.3 Å². The minimum atomic E-state index is 0.542. The van der Waals surface area contributed by atoms with E-state index in [9.17, 15) is 0 Å². The van der Waals surface area contributed by atoms with Gasteiger partial charge in [0.05, 0.1) is 38.9 Å². The van der Waals surface area contributed by atoms with Crippen molar-refractivity contribution in [2.45, 2.75) is 6.42 Å². The van der Waals surface area contributed by atoms with Gasteiger partial charge in [-0.2, -0.15) is 5.10 Å². The number of methoxy groups -OCH3 is 3. The van der Waals surface area contributed by atoms with Crippen LogP contribution in [0.5, 0.6) is 17.2 Å². The highest BCUT2D eigenvalue weighted by molar-refractivity contribution is 7.07. The average molecular weight is 475 g/mol. The van der Waals surface area contributed by atoms with Crippen LogP contribution in [0, 0.1) is 0 Å². The second kappa shape index (κ2) is 11.3. The van der Waals surface area contributed by atoms with Crippen molar-refractivity contribution < 1.29 is 14.2 Å². The summed E-state index contributed by atoms with van der Waals surface area (Å²) in [6.07, 6.45) is 4.32. The molecule has 0 aliphatic carbocycles. The smallest absolute Gasteiger partial charge is 0.206 e. The molecule has 34 heavy (non-hydrogen) atoms. The van der Waals surface area contributed by atoms with Gasteiger partial charge in [0.15, 0.2) is 11.5 Å². The number of benzene rings is 2. The summed E-state index contributed by atoms with van der Waals surface area (Å²) >= 11 is 1.53. The Labute approximate surface area is 202 Å². The molecule has 0 radical (unpaired) electrons. The van der Waals surface area contributed by atoms with E-state index in [-0.39, 0.29) is 0 Å². The summed E-state index contributed by atoms with van der Waals surface area (Å²) in [5.74, 6) is 1.69. The van der Waals surface area contributed by atoms with Crippen LogP contribution in [0.4, 0.5) is 0 Å². The van der Waals surface area contributed by atoms with E-state index in [2.05, 4.69) is 17.1 Å². The third kappa shape index (κ3) is 5.35. The molecule has 0 atom stereocenters. The maximum atomic E-state index is 5.55. The first-order valence-electron chi connectivity index (χ1n) is 10.7. The van der Waals surface area contributed by atoms with Gasteiger partial charge < -0.3 is 14.2 Å². The van der Waals surface area contributed by atoms with Gasteiger partial charge in [0.1, 0.15) is 0 Å². The average Bonchev–Trinajstić information content (AvgIpc) is 3.30. The molecule has 0 saturated heterocycles. The van der Waals surface area contributed by atoms with E-state index in [1.165, 1.54) is 16.9 Å². The molecule has 4 aromatic rings. The molecule has 0 spiro atoms. The third-order valence-electron chi connectivity index (χ3n) is 5.13. The van der Waals surface area contributed by atoms with Crippen molar-refractivity contribution in [3.63, 3.8) is 0 Å². The van der Waals surface area contributed by atoms with Gasteiger partial charge in [-0.15, -0.1) is 11.3 Å². The zero-order chi connectivity index (χ0) is 23.8. The zero-order valence-electron chi connectivity index (χ0n) is 19.3. The molecule has 0 bridgehead atoms. The first-order valence-corrected chi connectivity index (χ1v) is 11.6. The molecule has 4 rings (SSSR count). The van der Waals surface area contributed by atoms with Crippen LogP contribution in [0.1, 0.15) is 11.3 Å². The summed E-state index contributed by atoms with van der Waals surface area (Å²) in [5.41, 5.74) is 3.73. The van der Waals surface area contributed by atoms with Crippen molar-refractivity contribution in [1.82, 2.24) is 9.66 Å². The lowest BCUT2D eigenvalue weighted by atomic mass is 10.1. The zero-order valence-corrected chi connectivity index (χ0v) is 20.2. The Morgan fingerprint density at radius 1 is 0.941 bits per heavy atom. The molecule has 0 saturated carbocycles. The molecule has 174 valence electrons. The third-order valence-corrected chi connectivity index (χ3v) is 5.98. The maximum absolute atomic E-state index is 5.55. The molecular weight excluding hydrogens is 448 g/mol. The lowest BCUT2D eigenvalue weighted by molar-refractivity contribution is 0.324. The number of ether oxygens (including phenoxy) is 3. The van der Waals surface area contributed by atoms with Crippen molar-refractivity contribution in [2.75, 3.05) is 27.9 Å². The van der Waals surface area contributed by atoms with E-state index in [0.717, 1.165) is 28.2 Å². The number of pyridine rings is 1. The SMILES string of the molecule is COc1cc(-c2csc(=NCCc3ccccc3)n2N=Cc2ccccn2)cc(OC)c1OC. The predicted octanol–water partition coefficient (Wildman–Crippen LogP) is 4.66. The van der Waals surface area contributed by atoms with E-state index < -0.39 is 0 Å². The molecule has 0 amide bonds. The summed E-state index contributed by atoms with van der Waals surface area (Å²) in [7, 11) is 4.80. The Bertz CT molecular complexity index is 1290. The lowest BCUT2D eigenvalue weighted by Gasteiger charge is -2.14. The summed E-state index contributed by atoms with van der Waals surface area (Å²) in [4.78, 5) is 9.97. The quantitative estimate of drug-likeness (QED) is 0.331. The summed E-state index contributed by atoms with van der Waals surface area (Å²) < 4.78 is 18.4. The van der Waals surface area contributed by atoms with Crippen LogP contribution >= 0.6 is 11.3 Å². The number of hydrogen-bond acceptors (Lipinski definition) is 7.